The summed E-state index contributed by atoms with van der Waals surface area (Å²) in [7, 11) is 0.674. The fraction of sp³-hybridized carbons (Fsp3) is 1.00. The van der Waals surface area contributed by atoms with Crippen molar-refractivity contribution < 1.29 is 0 Å². The largest absolute Gasteiger partial charge is 0.107 e. The van der Waals surface area contributed by atoms with Crippen LogP contribution in [0.4, 0.5) is 0 Å². The van der Waals surface area contributed by atoms with Crippen LogP contribution in [0, 0.1) is 0 Å². The standard InChI is InChI=1S/C12H27S/c1-4-5-6-7-8-9-10-11-12-13(2)3/h4-12H2,1-3H3/q+1. The van der Waals surface area contributed by atoms with Crippen molar-refractivity contribution >= 4 is 10.9 Å². The van der Waals surface area contributed by atoms with Gasteiger partial charge >= 0.3 is 0 Å². The van der Waals surface area contributed by atoms with Gasteiger partial charge in [-0.2, -0.15) is 0 Å². The topological polar surface area (TPSA) is 0 Å². The van der Waals surface area contributed by atoms with Crippen molar-refractivity contribution in [1.82, 2.24) is 0 Å². The third kappa shape index (κ3) is 12.4. The Balaban J connectivity index is 2.84. The predicted molar refractivity (Wildman–Crippen MR) is 66.7 cm³/mol. The maximum atomic E-state index is 2.35. The highest BCUT2D eigenvalue weighted by Gasteiger charge is 2.00. The maximum Gasteiger partial charge on any atom is 0.107 e. The number of hydrogen-bond acceptors (Lipinski definition) is 0. The van der Waals surface area contributed by atoms with Crippen LogP contribution in [0.5, 0.6) is 0 Å². The summed E-state index contributed by atoms with van der Waals surface area (Å²) in [6.07, 6.45) is 16.3. The Morgan fingerprint density at radius 2 is 1.15 bits per heavy atom. The first kappa shape index (κ1) is 13.4. The van der Waals surface area contributed by atoms with Crippen molar-refractivity contribution in [2.75, 3.05) is 18.3 Å². The van der Waals surface area contributed by atoms with Crippen molar-refractivity contribution in [2.24, 2.45) is 0 Å². The van der Waals surface area contributed by atoms with Crippen LogP contribution in [-0.4, -0.2) is 18.3 Å². The summed E-state index contributed by atoms with van der Waals surface area (Å²) < 4.78 is 0. The molecular formula is C12H27S+. The van der Waals surface area contributed by atoms with Crippen molar-refractivity contribution in [1.29, 1.82) is 0 Å². The molecule has 0 aromatic rings. The first-order valence-electron chi connectivity index (χ1n) is 5.81. The van der Waals surface area contributed by atoms with Gasteiger partial charge in [-0.15, -0.1) is 0 Å². The molecule has 0 aliphatic rings. The first-order chi connectivity index (χ1) is 6.27. The highest BCUT2D eigenvalue weighted by molar-refractivity contribution is 7.95. The minimum Gasteiger partial charge on any atom is -0.0654 e. The van der Waals surface area contributed by atoms with Crippen LogP contribution in [0.1, 0.15) is 58.3 Å². The smallest absolute Gasteiger partial charge is 0.0654 e. The van der Waals surface area contributed by atoms with Gasteiger partial charge in [-0.05, 0) is 23.7 Å². The maximum absolute atomic E-state index is 2.35. The van der Waals surface area contributed by atoms with Crippen molar-refractivity contribution in [3.8, 4) is 0 Å². The van der Waals surface area contributed by atoms with E-state index in [1.807, 2.05) is 0 Å². The van der Waals surface area contributed by atoms with Crippen LogP contribution in [0.2, 0.25) is 0 Å². The van der Waals surface area contributed by atoms with E-state index in [9.17, 15) is 0 Å². The van der Waals surface area contributed by atoms with Crippen LogP contribution in [0.15, 0.2) is 0 Å². The molecule has 13 heavy (non-hydrogen) atoms. The van der Waals surface area contributed by atoms with E-state index in [2.05, 4.69) is 19.4 Å². The van der Waals surface area contributed by atoms with E-state index in [0.29, 0.717) is 10.9 Å². The summed E-state index contributed by atoms with van der Waals surface area (Å²) in [6.45, 7) is 2.28. The summed E-state index contributed by atoms with van der Waals surface area (Å²) in [5, 5.41) is 0. The number of rotatable bonds is 9. The lowest BCUT2D eigenvalue weighted by atomic mass is 10.1. The van der Waals surface area contributed by atoms with Gasteiger partial charge < -0.3 is 0 Å². The van der Waals surface area contributed by atoms with Gasteiger partial charge in [0.1, 0.15) is 5.75 Å². The quantitative estimate of drug-likeness (QED) is 0.392. The van der Waals surface area contributed by atoms with Crippen molar-refractivity contribution in [2.45, 2.75) is 58.3 Å². The monoisotopic (exact) mass is 203 g/mol. The van der Waals surface area contributed by atoms with Gasteiger partial charge in [0.15, 0.2) is 0 Å². The average molecular weight is 203 g/mol. The number of unbranched alkanes of at least 4 members (excludes halogenated alkanes) is 7. The molecule has 0 fully saturated rings. The molecule has 0 saturated carbocycles. The molecule has 80 valence electrons. The Morgan fingerprint density at radius 1 is 0.692 bits per heavy atom. The molecule has 0 aromatic carbocycles. The summed E-state index contributed by atoms with van der Waals surface area (Å²) in [4.78, 5) is 0. The fourth-order valence-electron chi connectivity index (χ4n) is 1.52. The zero-order valence-electron chi connectivity index (χ0n) is 9.77. The van der Waals surface area contributed by atoms with Crippen LogP contribution in [0.25, 0.3) is 0 Å². The van der Waals surface area contributed by atoms with E-state index in [1.165, 1.54) is 57.1 Å². The van der Waals surface area contributed by atoms with Gasteiger partial charge in [-0.3, -0.25) is 0 Å². The van der Waals surface area contributed by atoms with Crippen LogP contribution in [0.3, 0.4) is 0 Å². The molecule has 0 saturated heterocycles. The molecule has 0 aliphatic heterocycles. The highest BCUT2D eigenvalue weighted by atomic mass is 32.2. The van der Waals surface area contributed by atoms with Gasteiger partial charge in [0, 0.05) is 0 Å². The van der Waals surface area contributed by atoms with Crippen LogP contribution < -0.4 is 0 Å². The molecule has 0 nitrogen and oxygen atoms in total. The van der Waals surface area contributed by atoms with E-state index in [0.717, 1.165) is 0 Å². The van der Waals surface area contributed by atoms with Gasteiger partial charge in [-0.1, -0.05) is 45.4 Å². The molecule has 0 N–H and O–H groups in total. The molecule has 0 atom stereocenters. The Kier molecular flexibility index (Phi) is 10.7. The fourth-order valence-corrected chi connectivity index (χ4v) is 2.31. The Labute approximate surface area is 87.8 Å². The molecule has 0 bridgehead atoms. The minimum atomic E-state index is 0.674. The average Bonchev–Trinajstić information content (AvgIpc) is 2.09. The third-order valence-corrected chi connectivity index (χ3v) is 3.51. The molecule has 0 rings (SSSR count). The van der Waals surface area contributed by atoms with Gasteiger partial charge in [0.05, 0.1) is 12.5 Å². The molecule has 0 amide bonds. The lowest BCUT2D eigenvalue weighted by Gasteiger charge is -2.00. The van der Waals surface area contributed by atoms with E-state index in [-0.39, 0.29) is 0 Å². The summed E-state index contributed by atoms with van der Waals surface area (Å²) in [5.41, 5.74) is 0. The zero-order valence-corrected chi connectivity index (χ0v) is 10.6. The van der Waals surface area contributed by atoms with Crippen LogP contribution >= 0.6 is 0 Å². The van der Waals surface area contributed by atoms with E-state index < -0.39 is 0 Å². The Morgan fingerprint density at radius 3 is 1.62 bits per heavy atom. The predicted octanol–water partition coefficient (Wildman–Crippen LogP) is 4.01. The second-order valence-corrected chi connectivity index (χ2v) is 6.54. The van der Waals surface area contributed by atoms with E-state index >= 15 is 0 Å². The van der Waals surface area contributed by atoms with Crippen LogP contribution in [-0.2, 0) is 10.9 Å². The normalized spacial score (nSPS) is 11.1. The highest BCUT2D eigenvalue weighted by Crippen LogP contribution is 2.08. The minimum absolute atomic E-state index is 0.674. The lowest BCUT2D eigenvalue weighted by molar-refractivity contribution is 0.586. The van der Waals surface area contributed by atoms with Crippen molar-refractivity contribution in [3.05, 3.63) is 0 Å². The SMILES string of the molecule is CCCCCCCCCC[S+](C)C. The molecule has 0 heterocycles. The van der Waals surface area contributed by atoms with Gasteiger partial charge in [0.2, 0.25) is 0 Å². The lowest BCUT2D eigenvalue weighted by Crippen LogP contribution is -2.00. The van der Waals surface area contributed by atoms with E-state index in [4.69, 9.17) is 0 Å². The summed E-state index contributed by atoms with van der Waals surface area (Å²) in [6, 6.07) is 0. The van der Waals surface area contributed by atoms with Gasteiger partial charge in [0.25, 0.3) is 0 Å². The number of hydrogen-bond donors (Lipinski definition) is 0. The Bertz CT molecular complexity index is 89.1. The van der Waals surface area contributed by atoms with Crippen molar-refractivity contribution in [3.63, 3.8) is 0 Å². The molecule has 0 spiro atoms. The molecule has 1 heteroatoms. The molecule has 0 aromatic heterocycles. The molecule has 0 radical (unpaired) electrons. The van der Waals surface area contributed by atoms with E-state index in [1.54, 1.807) is 0 Å². The van der Waals surface area contributed by atoms with Gasteiger partial charge in [-0.25, -0.2) is 0 Å². The summed E-state index contributed by atoms with van der Waals surface area (Å²) >= 11 is 0. The molecular weight excluding hydrogens is 176 g/mol. The third-order valence-electron chi connectivity index (χ3n) is 2.41. The zero-order chi connectivity index (χ0) is 9.94. The molecule has 0 aliphatic carbocycles. The summed E-state index contributed by atoms with van der Waals surface area (Å²) in [5.74, 6) is 1.45. The second-order valence-electron chi connectivity index (χ2n) is 4.16. The first-order valence-corrected chi connectivity index (χ1v) is 8.02. The second kappa shape index (κ2) is 10.4. The molecule has 0 unspecified atom stereocenters. The Hall–Kier alpha value is 0.350.